The molecule has 0 aliphatic carbocycles. The molecule has 3 aromatic carbocycles. The number of amides is 1. The van der Waals surface area contributed by atoms with Crippen molar-refractivity contribution in [2.24, 2.45) is 0 Å². The van der Waals surface area contributed by atoms with Gasteiger partial charge in [-0.25, -0.2) is 0 Å². The van der Waals surface area contributed by atoms with Crippen LogP contribution in [0.25, 0.3) is 11.1 Å². The van der Waals surface area contributed by atoms with Gasteiger partial charge in [-0.3, -0.25) is 4.79 Å². The number of hydrogen-bond acceptors (Lipinski definition) is 5. The zero-order chi connectivity index (χ0) is 23.2. The van der Waals surface area contributed by atoms with Crippen molar-refractivity contribution in [1.29, 1.82) is 0 Å². The summed E-state index contributed by atoms with van der Waals surface area (Å²) in [7, 11) is 4.91. The molecule has 0 saturated carbocycles. The van der Waals surface area contributed by atoms with Crippen molar-refractivity contribution < 1.29 is 23.7 Å². The molecule has 172 valence electrons. The van der Waals surface area contributed by atoms with Crippen LogP contribution in [0.3, 0.4) is 0 Å². The van der Waals surface area contributed by atoms with Crippen molar-refractivity contribution in [2.45, 2.75) is 18.9 Å². The second-order valence-electron chi connectivity index (χ2n) is 7.94. The van der Waals surface area contributed by atoms with E-state index in [0.717, 1.165) is 41.2 Å². The zero-order valence-electron chi connectivity index (χ0n) is 19.2. The third-order valence-corrected chi connectivity index (χ3v) is 5.90. The Morgan fingerprint density at radius 3 is 2.21 bits per heavy atom. The van der Waals surface area contributed by atoms with Crippen LogP contribution in [0.15, 0.2) is 66.7 Å². The molecule has 33 heavy (non-hydrogen) atoms. The van der Waals surface area contributed by atoms with Gasteiger partial charge >= 0.3 is 0 Å². The molecule has 0 N–H and O–H groups in total. The summed E-state index contributed by atoms with van der Waals surface area (Å²) in [5.74, 6) is 3.06. The summed E-state index contributed by atoms with van der Waals surface area (Å²) in [6.45, 7) is 1.31. The molecular formula is C27H29NO5. The highest BCUT2D eigenvalue weighted by Gasteiger charge is 2.25. The Labute approximate surface area is 194 Å². The van der Waals surface area contributed by atoms with E-state index in [9.17, 15) is 4.79 Å². The Morgan fingerprint density at radius 2 is 1.48 bits per heavy atom. The lowest BCUT2D eigenvalue weighted by Gasteiger charge is -2.32. The molecule has 1 amide bonds. The van der Waals surface area contributed by atoms with Crippen LogP contribution in [0.1, 0.15) is 23.2 Å². The van der Waals surface area contributed by atoms with Crippen LogP contribution in [0, 0.1) is 0 Å². The first-order valence-corrected chi connectivity index (χ1v) is 11.0. The summed E-state index contributed by atoms with van der Waals surface area (Å²) in [4.78, 5) is 14.7. The van der Waals surface area contributed by atoms with Crippen LogP contribution >= 0.6 is 0 Å². The number of piperidine rings is 1. The molecule has 1 saturated heterocycles. The summed E-state index contributed by atoms with van der Waals surface area (Å²) >= 11 is 0. The van der Waals surface area contributed by atoms with Crippen molar-refractivity contribution in [3.05, 3.63) is 72.3 Å². The average Bonchev–Trinajstić information content (AvgIpc) is 2.88. The van der Waals surface area contributed by atoms with Crippen molar-refractivity contribution in [2.75, 3.05) is 34.4 Å². The maximum Gasteiger partial charge on any atom is 0.253 e. The number of benzene rings is 3. The number of nitrogens with zero attached hydrogens (tertiary/aromatic N) is 1. The molecule has 0 radical (unpaired) electrons. The quantitative estimate of drug-likeness (QED) is 0.507. The summed E-state index contributed by atoms with van der Waals surface area (Å²) in [6, 6.07) is 21.0. The predicted molar refractivity (Wildman–Crippen MR) is 128 cm³/mol. The Kier molecular flexibility index (Phi) is 7.03. The van der Waals surface area contributed by atoms with Crippen molar-refractivity contribution in [1.82, 2.24) is 4.90 Å². The Balaban J connectivity index is 1.41. The molecular weight excluding hydrogens is 418 g/mol. The maximum atomic E-state index is 12.9. The first-order valence-electron chi connectivity index (χ1n) is 11.0. The van der Waals surface area contributed by atoms with Crippen molar-refractivity contribution in [3.8, 4) is 34.1 Å². The van der Waals surface area contributed by atoms with Crippen molar-refractivity contribution in [3.63, 3.8) is 0 Å². The lowest BCUT2D eigenvalue weighted by molar-refractivity contribution is 0.0595. The SMILES string of the molecule is COc1cccc(C(=O)N2CCC(Oc3cccc(-c4cc(OC)ccc4OC)c3)CC2)c1. The van der Waals surface area contributed by atoms with Gasteiger partial charge in [0.25, 0.3) is 5.91 Å². The zero-order valence-corrected chi connectivity index (χ0v) is 19.2. The second-order valence-corrected chi connectivity index (χ2v) is 7.94. The number of methoxy groups -OCH3 is 3. The number of rotatable bonds is 7. The normalized spacial score (nSPS) is 14.0. The fraction of sp³-hybridized carbons (Fsp3) is 0.296. The molecule has 0 spiro atoms. The standard InChI is InChI=1S/C27H29NO5/c1-30-22-8-5-7-20(17-22)27(29)28-14-12-21(13-15-28)33-24-9-4-6-19(16-24)25-18-23(31-2)10-11-26(25)32-3/h4-11,16-18,21H,12-15H2,1-3H3. The first kappa shape index (κ1) is 22.5. The van der Waals surface area contributed by atoms with E-state index in [0.29, 0.717) is 24.4 Å². The van der Waals surface area contributed by atoms with Gasteiger partial charge in [0.1, 0.15) is 29.1 Å². The van der Waals surface area contributed by atoms with E-state index >= 15 is 0 Å². The van der Waals surface area contributed by atoms with Gasteiger partial charge in [0.05, 0.1) is 21.3 Å². The monoisotopic (exact) mass is 447 g/mol. The van der Waals surface area contributed by atoms with E-state index in [4.69, 9.17) is 18.9 Å². The third-order valence-electron chi connectivity index (χ3n) is 5.90. The largest absolute Gasteiger partial charge is 0.497 e. The topological polar surface area (TPSA) is 57.2 Å². The highest BCUT2D eigenvalue weighted by atomic mass is 16.5. The van der Waals surface area contributed by atoms with Gasteiger partial charge in [0.15, 0.2) is 0 Å². The molecule has 1 fully saturated rings. The van der Waals surface area contributed by atoms with Gasteiger partial charge in [-0.2, -0.15) is 0 Å². The summed E-state index contributed by atoms with van der Waals surface area (Å²) in [5, 5.41) is 0. The van der Waals surface area contributed by atoms with E-state index in [-0.39, 0.29) is 12.0 Å². The van der Waals surface area contributed by atoms with E-state index in [1.165, 1.54) is 0 Å². The summed E-state index contributed by atoms with van der Waals surface area (Å²) in [5.41, 5.74) is 2.59. The van der Waals surface area contributed by atoms with Crippen LogP contribution in [-0.4, -0.2) is 51.3 Å². The molecule has 1 aliphatic rings. The lowest BCUT2D eigenvalue weighted by Crippen LogP contribution is -2.41. The summed E-state index contributed by atoms with van der Waals surface area (Å²) < 4.78 is 22.4. The molecule has 1 aliphatic heterocycles. The van der Waals surface area contributed by atoms with E-state index in [2.05, 4.69) is 0 Å². The highest BCUT2D eigenvalue weighted by molar-refractivity contribution is 5.94. The molecule has 0 aromatic heterocycles. The van der Waals surface area contributed by atoms with Crippen LogP contribution in [0.2, 0.25) is 0 Å². The first-order chi connectivity index (χ1) is 16.1. The molecule has 6 heteroatoms. The maximum absolute atomic E-state index is 12.9. The minimum absolute atomic E-state index is 0.0273. The Morgan fingerprint density at radius 1 is 0.788 bits per heavy atom. The van der Waals surface area contributed by atoms with Gasteiger partial charge in [-0.05, 0) is 54.1 Å². The number of likely N-dealkylation sites (tertiary alicyclic amines) is 1. The number of hydrogen-bond donors (Lipinski definition) is 0. The second kappa shape index (κ2) is 10.3. The average molecular weight is 448 g/mol. The number of carbonyl (C=O) groups is 1. The van der Waals surface area contributed by atoms with Crippen molar-refractivity contribution >= 4 is 5.91 Å². The predicted octanol–water partition coefficient (Wildman–Crippen LogP) is 5.06. The number of carbonyl (C=O) groups excluding carboxylic acids is 1. The molecule has 0 atom stereocenters. The molecule has 6 nitrogen and oxygen atoms in total. The third kappa shape index (κ3) is 5.22. The van der Waals surface area contributed by atoms with E-state index in [1.807, 2.05) is 65.6 Å². The molecule has 3 aromatic rings. The smallest absolute Gasteiger partial charge is 0.253 e. The molecule has 1 heterocycles. The van der Waals surface area contributed by atoms with Gasteiger partial charge in [-0.1, -0.05) is 18.2 Å². The van der Waals surface area contributed by atoms with Gasteiger partial charge in [0, 0.05) is 37.1 Å². The fourth-order valence-corrected chi connectivity index (χ4v) is 4.08. The van der Waals surface area contributed by atoms with Crippen LogP contribution in [0.5, 0.6) is 23.0 Å². The van der Waals surface area contributed by atoms with Gasteiger partial charge in [0.2, 0.25) is 0 Å². The Bertz CT molecular complexity index is 1110. The summed E-state index contributed by atoms with van der Waals surface area (Å²) in [6.07, 6.45) is 1.62. The molecule has 0 unspecified atom stereocenters. The number of ether oxygens (including phenoxy) is 4. The minimum Gasteiger partial charge on any atom is -0.497 e. The van der Waals surface area contributed by atoms with Gasteiger partial charge < -0.3 is 23.8 Å². The van der Waals surface area contributed by atoms with Gasteiger partial charge in [-0.15, -0.1) is 0 Å². The molecule has 4 rings (SSSR count). The van der Waals surface area contributed by atoms with Crippen LogP contribution in [0.4, 0.5) is 0 Å². The fourth-order valence-electron chi connectivity index (χ4n) is 4.08. The van der Waals surface area contributed by atoms with Crippen LogP contribution < -0.4 is 18.9 Å². The minimum atomic E-state index is 0.0273. The van der Waals surface area contributed by atoms with E-state index < -0.39 is 0 Å². The van der Waals surface area contributed by atoms with E-state index in [1.54, 1.807) is 27.4 Å². The molecule has 0 bridgehead atoms. The Hall–Kier alpha value is -3.67. The highest BCUT2D eigenvalue weighted by Crippen LogP contribution is 2.35. The van der Waals surface area contributed by atoms with Crippen LogP contribution in [-0.2, 0) is 0 Å². The lowest BCUT2D eigenvalue weighted by atomic mass is 10.0.